The molecule has 2 unspecified atom stereocenters. The molecule has 1 heterocycles. The van der Waals surface area contributed by atoms with Crippen LogP contribution in [0.1, 0.15) is 0 Å². The van der Waals surface area contributed by atoms with Crippen LogP contribution in [0.4, 0.5) is 0 Å². The fraction of sp³-hybridized carbons (Fsp3) is 0.714. The third kappa shape index (κ3) is 3.66. The van der Waals surface area contributed by atoms with Gasteiger partial charge in [0.15, 0.2) is 0 Å². The second-order valence-electron chi connectivity index (χ2n) is 3.46. The maximum atomic E-state index is 6.50. The van der Waals surface area contributed by atoms with E-state index in [9.17, 15) is 0 Å². The summed E-state index contributed by atoms with van der Waals surface area (Å²) in [4.78, 5) is 7.90. The summed E-state index contributed by atoms with van der Waals surface area (Å²) in [5, 5.41) is 0.286. The zero-order valence-electron chi connectivity index (χ0n) is 9.40. The SMILES string of the molecule is C/N=C/C1S(Cl)(Cl)CS(Cl)(Cl)C(/C=N/C)S1(Cl)Cl. The molecular formula is C7H12Cl6N2S3. The Kier molecular flexibility index (Phi) is 6.55. The van der Waals surface area contributed by atoms with E-state index in [1.807, 2.05) is 0 Å². The first kappa shape index (κ1) is 18.2. The van der Waals surface area contributed by atoms with Crippen molar-refractivity contribution >= 4 is 102 Å². The molecule has 0 aromatic heterocycles. The lowest BCUT2D eigenvalue weighted by molar-refractivity contribution is 1.44. The third-order valence-corrected chi connectivity index (χ3v) is 21.9. The molecule has 1 rings (SSSR count). The minimum Gasteiger partial charge on any atom is -0.299 e. The number of nitrogens with zero attached hydrogens (tertiary/aromatic N) is 2. The molecule has 0 aliphatic carbocycles. The van der Waals surface area contributed by atoms with E-state index in [0.717, 1.165) is 0 Å². The molecule has 1 fully saturated rings. The standard InChI is InChI=1S/C7H12Cl6N2S3/c1-14-3-6-16(8,9)5-17(10,11)7(4-15-2)18(6,12)13/h3-4,6-7H,5H2,1-2H3/b14-3+,15-4+. The van der Waals surface area contributed by atoms with Crippen molar-refractivity contribution in [1.82, 2.24) is 0 Å². The van der Waals surface area contributed by atoms with Crippen molar-refractivity contribution in [3.8, 4) is 0 Å². The van der Waals surface area contributed by atoms with Crippen molar-refractivity contribution < 1.29 is 0 Å². The lowest BCUT2D eigenvalue weighted by Crippen LogP contribution is -2.34. The average Bonchev–Trinajstić information content (AvgIpc) is 2.18. The van der Waals surface area contributed by atoms with Crippen LogP contribution < -0.4 is 0 Å². The normalized spacial score (nSPS) is 39.6. The van der Waals surface area contributed by atoms with E-state index in [-0.39, 0.29) is 5.08 Å². The van der Waals surface area contributed by atoms with Gasteiger partial charge >= 0.3 is 0 Å². The minimum absolute atomic E-state index is 0.286. The monoisotopic (exact) mass is 430 g/mol. The van der Waals surface area contributed by atoms with E-state index in [1.54, 1.807) is 26.5 Å². The van der Waals surface area contributed by atoms with Crippen LogP contribution in [0.25, 0.3) is 0 Å². The summed E-state index contributed by atoms with van der Waals surface area (Å²) < 4.78 is -0.856. The van der Waals surface area contributed by atoms with Gasteiger partial charge < -0.3 is 0 Å². The van der Waals surface area contributed by atoms with Gasteiger partial charge in [0.2, 0.25) is 0 Å². The average molecular weight is 433 g/mol. The van der Waals surface area contributed by atoms with Gasteiger partial charge in [-0.25, -0.2) is 0 Å². The number of hydrogen-bond acceptors (Lipinski definition) is 2. The third-order valence-electron chi connectivity index (χ3n) is 2.16. The highest BCUT2D eigenvalue weighted by molar-refractivity contribution is 8.92. The van der Waals surface area contributed by atoms with Crippen LogP contribution in [0.2, 0.25) is 0 Å². The summed E-state index contributed by atoms with van der Waals surface area (Å²) >= 11 is 0. The fourth-order valence-corrected chi connectivity index (χ4v) is 29.6. The van der Waals surface area contributed by atoms with E-state index >= 15 is 0 Å². The van der Waals surface area contributed by atoms with E-state index < -0.39 is 34.5 Å². The van der Waals surface area contributed by atoms with Crippen molar-refractivity contribution in [2.45, 2.75) is 9.16 Å². The summed E-state index contributed by atoms with van der Waals surface area (Å²) in [6, 6.07) is 0. The summed E-state index contributed by atoms with van der Waals surface area (Å²) in [6.07, 6.45) is 3.20. The highest BCUT2D eigenvalue weighted by Gasteiger charge is 2.57. The molecule has 2 nitrogen and oxygen atoms in total. The lowest BCUT2D eigenvalue weighted by Gasteiger charge is -2.56. The van der Waals surface area contributed by atoms with Gasteiger partial charge in [0.25, 0.3) is 0 Å². The predicted molar refractivity (Wildman–Crippen MR) is 99.2 cm³/mol. The van der Waals surface area contributed by atoms with Gasteiger partial charge in [-0.2, -0.15) is 0 Å². The van der Waals surface area contributed by atoms with Gasteiger partial charge in [0.1, 0.15) is 9.16 Å². The van der Waals surface area contributed by atoms with Gasteiger partial charge in [-0.3, -0.25) is 9.98 Å². The van der Waals surface area contributed by atoms with Crippen molar-refractivity contribution in [3.05, 3.63) is 0 Å². The van der Waals surface area contributed by atoms with Crippen molar-refractivity contribution in [1.29, 1.82) is 0 Å². The Labute approximate surface area is 139 Å². The maximum Gasteiger partial charge on any atom is 0.106 e. The van der Waals surface area contributed by atoms with Crippen LogP contribution in [0.3, 0.4) is 0 Å². The zero-order chi connectivity index (χ0) is 14.2. The Morgan fingerprint density at radius 1 is 0.833 bits per heavy atom. The van der Waals surface area contributed by atoms with E-state index in [1.165, 1.54) is 0 Å². The maximum absolute atomic E-state index is 6.50. The first-order valence-corrected chi connectivity index (χ1v) is 15.0. The fourth-order valence-electron chi connectivity index (χ4n) is 1.43. The number of aliphatic imine (C=N–C) groups is 2. The minimum atomic E-state index is -2.31. The van der Waals surface area contributed by atoms with Crippen LogP contribution in [0, 0.1) is 0 Å². The van der Waals surface area contributed by atoms with Gasteiger partial charge in [0.05, 0.1) is 5.08 Å². The molecule has 0 amide bonds. The van der Waals surface area contributed by atoms with Crippen molar-refractivity contribution in [2.24, 2.45) is 9.98 Å². The second kappa shape index (κ2) is 6.49. The Morgan fingerprint density at radius 3 is 1.44 bits per heavy atom. The highest BCUT2D eigenvalue weighted by atomic mass is 36.0. The summed E-state index contributed by atoms with van der Waals surface area (Å²) in [7, 11) is 35.1. The summed E-state index contributed by atoms with van der Waals surface area (Å²) in [5.41, 5.74) is 0. The number of hydrogen-bond donors (Lipinski definition) is 0. The molecule has 1 aliphatic heterocycles. The molecule has 1 aliphatic rings. The van der Waals surface area contributed by atoms with E-state index in [0.29, 0.717) is 0 Å². The molecule has 0 aromatic rings. The molecule has 0 aromatic carbocycles. The predicted octanol–water partition coefficient (Wildman–Crippen LogP) is 6.35. The highest BCUT2D eigenvalue weighted by Crippen LogP contribution is 2.93. The Balaban J connectivity index is 3.31. The second-order valence-corrected chi connectivity index (χ2v) is 21.7. The Morgan fingerprint density at radius 2 is 1.17 bits per heavy atom. The van der Waals surface area contributed by atoms with Crippen LogP contribution in [-0.4, -0.2) is 40.8 Å². The lowest BCUT2D eigenvalue weighted by atomic mass is 10.8. The molecule has 18 heavy (non-hydrogen) atoms. The van der Waals surface area contributed by atoms with Gasteiger partial charge in [-0.1, -0.05) is 16.9 Å². The quantitative estimate of drug-likeness (QED) is 0.454. The van der Waals surface area contributed by atoms with E-state index in [2.05, 4.69) is 9.98 Å². The molecule has 0 bridgehead atoms. The Bertz CT molecular complexity index is 340. The van der Waals surface area contributed by atoms with Crippen LogP contribution >= 0.6 is 89.5 Å². The molecular weight excluding hydrogens is 421 g/mol. The molecule has 2 atom stereocenters. The molecule has 0 saturated carbocycles. The van der Waals surface area contributed by atoms with Gasteiger partial charge in [0, 0.05) is 26.5 Å². The van der Waals surface area contributed by atoms with E-state index in [4.69, 9.17) is 64.1 Å². The molecule has 0 N–H and O–H groups in total. The molecule has 0 spiro atoms. The van der Waals surface area contributed by atoms with Crippen molar-refractivity contribution in [3.63, 3.8) is 0 Å². The number of rotatable bonds is 2. The van der Waals surface area contributed by atoms with Crippen LogP contribution in [0.5, 0.6) is 0 Å². The number of halogens is 6. The summed E-state index contributed by atoms with van der Waals surface area (Å²) in [5.74, 6) is 0. The van der Waals surface area contributed by atoms with Crippen LogP contribution in [0.15, 0.2) is 9.98 Å². The Hall–Kier alpha value is 2.13. The van der Waals surface area contributed by atoms with Crippen molar-refractivity contribution in [2.75, 3.05) is 19.2 Å². The topological polar surface area (TPSA) is 24.7 Å². The zero-order valence-corrected chi connectivity index (χ0v) is 16.4. The molecule has 0 radical (unpaired) electrons. The molecule has 1 saturated heterocycles. The van der Waals surface area contributed by atoms with Crippen LogP contribution in [-0.2, 0) is 0 Å². The first-order chi connectivity index (χ1) is 8.09. The molecule has 11 heteroatoms. The van der Waals surface area contributed by atoms with Gasteiger partial charge in [-0.15, -0.1) is 0 Å². The summed E-state index contributed by atoms with van der Waals surface area (Å²) in [6.45, 7) is 0. The molecule has 110 valence electrons. The largest absolute Gasteiger partial charge is 0.299 e. The smallest absolute Gasteiger partial charge is 0.106 e. The first-order valence-electron chi connectivity index (χ1n) is 4.52. The van der Waals surface area contributed by atoms with Gasteiger partial charge in [-0.05, 0) is 72.5 Å².